The van der Waals surface area contributed by atoms with Crippen molar-refractivity contribution < 1.29 is 4.39 Å². The van der Waals surface area contributed by atoms with Gasteiger partial charge in [0.2, 0.25) is 0 Å². The van der Waals surface area contributed by atoms with Crippen LogP contribution in [0.3, 0.4) is 0 Å². The Balaban J connectivity index is 0.00000338. The molecule has 0 spiro atoms. The molecule has 3 atom stereocenters. The van der Waals surface area contributed by atoms with Crippen LogP contribution in [-0.4, -0.2) is 55.6 Å². The average molecular weight is 494 g/mol. The molecule has 0 aromatic heterocycles. The molecule has 0 heterocycles. The van der Waals surface area contributed by atoms with E-state index in [-0.39, 0.29) is 35.8 Å². The van der Waals surface area contributed by atoms with Crippen molar-refractivity contribution >= 4 is 41.7 Å². The molecule has 0 bridgehead atoms. The molecule has 0 saturated heterocycles. The van der Waals surface area contributed by atoms with E-state index in [0.29, 0.717) is 12.6 Å². The molecular formula is C19H32FIN4S. The highest BCUT2D eigenvalue weighted by molar-refractivity contribution is 14.0. The summed E-state index contributed by atoms with van der Waals surface area (Å²) in [5.74, 6) is 0.657. The number of hydrogen-bond donors (Lipinski definition) is 2. The quantitative estimate of drug-likeness (QED) is 0.343. The van der Waals surface area contributed by atoms with Crippen molar-refractivity contribution in [2.24, 2.45) is 4.99 Å². The summed E-state index contributed by atoms with van der Waals surface area (Å²) in [5, 5.41) is 7.66. The summed E-state index contributed by atoms with van der Waals surface area (Å²) >= 11 is 1.95. The van der Waals surface area contributed by atoms with Crippen LogP contribution in [0.5, 0.6) is 0 Å². The Morgan fingerprint density at radius 1 is 1.38 bits per heavy atom. The van der Waals surface area contributed by atoms with E-state index in [1.807, 2.05) is 31.9 Å². The Kier molecular flexibility index (Phi) is 10.9. The maximum Gasteiger partial charge on any atom is 0.191 e. The van der Waals surface area contributed by atoms with Gasteiger partial charge in [0.15, 0.2) is 5.96 Å². The Morgan fingerprint density at radius 3 is 2.73 bits per heavy atom. The van der Waals surface area contributed by atoms with Crippen molar-refractivity contribution in [1.82, 2.24) is 15.5 Å². The normalized spacial score (nSPS) is 21.4. The molecule has 2 rings (SSSR count). The molecule has 1 fully saturated rings. The summed E-state index contributed by atoms with van der Waals surface area (Å²) in [4.78, 5) is 6.86. The number of aliphatic imine (C=N–C) groups is 1. The number of halogens is 2. The fraction of sp³-hybridized carbons (Fsp3) is 0.632. The molecule has 0 aliphatic heterocycles. The molecular weight excluding hydrogens is 462 g/mol. The third-order valence-electron chi connectivity index (χ3n) is 4.68. The van der Waals surface area contributed by atoms with Gasteiger partial charge in [-0.1, -0.05) is 12.1 Å². The van der Waals surface area contributed by atoms with E-state index in [9.17, 15) is 4.39 Å². The smallest absolute Gasteiger partial charge is 0.191 e. The van der Waals surface area contributed by atoms with E-state index in [0.717, 1.165) is 23.3 Å². The Labute approximate surface area is 178 Å². The first-order chi connectivity index (χ1) is 12.0. The summed E-state index contributed by atoms with van der Waals surface area (Å²) in [7, 11) is 4.01. The summed E-state index contributed by atoms with van der Waals surface area (Å²) in [5.41, 5.74) is 0.952. The highest BCUT2D eigenvalue weighted by Crippen LogP contribution is 2.28. The lowest BCUT2D eigenvalue weighted by Gasteiger charge is -2.24. The van der Waals surface area contributed by atoms with Crippen LogP contribution in [0.1, 0.15) is 37.8 Å². The second kappa shape index (κ2) is 12.0. The molecule has 4 nitrogen and oxygen atoms in total. The second-order valence-electron chi connectivity index (χ2n) is 6.77. The molecule has 0 amide bonds. The molecule has 2 N–H and O–H groups in total. The van der Waals surface area contributed by atoms with E-state index >= 15 is 0 Å². The van der Waals surface area contributed by atoms with Gasteiger partial charge in [0.1, 0.15) is 5.82 Å². The van der Waals surface area contributed by atoms with Gasteiger partial charge in [-0.05, 0) is 64.2 Å². The minimum absolute atomic E-state index is 0. The van der Waals surface area contributed by atoms with Crippen LogP contribution in [0, 0.1) is 5.82 Å². The molecule has 0 radical (unpaired) electrons. The standard InChI is InChI=1S/C19H31FN4S.HI/c1-5-21-19(23-16-9-10-17(12-16)25-4)22-13-18(24(2)3)14-7-6-8-15(20)11-14;/h6-8,11,16-18H,5,9-10,12-13H2,1-4H3,(H2,21,22,23);1H. The number of benzene rings is 1. The van der Waals surface area contributed by atoms with Gasteiger partial charge in [-0.15, -0.1) is 24.0 Å². The Morgan fingerprint density at radius 2 is 2.15 bits per heavy atom. The minimum atomic E-state index is -0.201. The molecule has 1 aromatic rings. The van der Waals surface area contributed by atoms with Crippen LogP contribution in [0.2, 0.25) is 0 Å². The lowest BCUT2D eigenvalue weighted by Crippen LogP contribution is -2.43. The van der Waals surface area contributed by atoms with E-state index < -0.39 is 0 Å². The highest BCUT2D eigenvalue weighted by atomic mass is 127. The van der Waals surface area contributed by atoms with Crippen molar-refractivity contribution in [3.05, 3.63) is 35.6 Å². The maximum atomic E-state index is 13.6. The first-order valence-electron chi connectivity index (χ1n) is 9.03. The summed E-state index contributed by atoms with van der Waals surface area (Å²) in [6.07, 6.45) is 5.83. The Hall–Kier alpha value is -0.540. The van der Waals surface area contributed by atoms with Gasteiger partial charge in [0.05, 0.1) is 12.6 Å². The molecule has 1 aliphatic rings. The van der Waals surface area contributed by atoms with Crippen molar-refractivity contribution in [2.75, 3.05) is 33.4 Å². The topological polar surface area (TPSA) is 39.7 Å². The number of nitrogens with one attached hydrogen (secondary N) is 2. The number of thioether (sulfide) groups is 1. The largest absolute Gasteiger partial charge is 0.357 e. The first-order valence-corrected chi connectivity index (χ1v) is 10.3. The van der Waals surface area contributed by atoms with Gasteiger partial charge < -0.3 is 15.5 Å². The minimum Gasteiger partial charge on any atom is -0.357 e. The molecule has 26 heavy (non-hydrogen) atoms. The summed E-state index contributed by atoms with van der Waals surface area (Å²) in [6.45, 7) is 3.49. The third kappa shape index (κ3) is 7.23. The van der Waals surface area contributed by atoms with Gasteiger partial charge in [-0.25, -0.2) is 4.39 Å². The predicted molar refractivity (Wildman–Crippen MR) is 122 cm³/mol. The monoisotopic (exact) mass is 494 g/mol. The highest BCUT2D eigenvalue weighted by Gasteiger charge is 2.24. The molecule has 7 heteroatoms. The molecule has 3 unspecified atom stereocenters. The Bertz CT molecular complexity index is 570. The lowest BCUT2D eigenvalue weighted by atomic mass is 10.1. The average Bonchev–Trinajstić information content (AvgIpc) is 3.02. The number of guanidine groups is 1. The van der Waals surface area contributed by atoms with Gasteiger partial charge in [0, 0.05) is 17.8 Å². The van der Waals surface area contributed by atoms with Crippen LogP contribution in [0.25, 0.3) is 0 Å². The molecule has 148 valence electrons. The van der Waals surface area contributed by atoms with E-state index in [4.69, 9.17) is 4.99 Å². The number of likely N-dealkylation sites (N-methyl/N-ethyl adjacent to an activating group) is 1. The third-order valence-corrected chi connectivity index (χ3v) is 5.78. The fourth-order valence-corrected chi connectivity index (χ4v) is 4.05. The predicted octanol–water partition coefficient (Wildman–Crippen LogP) is 3.89. The van der Waals surface area contributed by atoms with E-state index in [2.05, 4.69) is 28.7 Å². The summed E-state index contributed by atoms with van der Waals surface area (Å²) in [6, 6.07) is 7.34. The van der Waals surface area contributed by atoms with Crippen LogP contribution < -0.4 is 10.6 Å². The van der Waals surface area contributed by atoms with Crippen molar-refractivity contribution in [3.8, 4) is 0 Å². The van der Waals surface area contributed by atoms with Crippen LogP contribution >= 0.6 is 35.7 Å². The van der Waals surface area contributed by atoms with Gasteiger partial charge in [-0.3, -0.25) is 4.99 Å². The summed E-state index contributed by atoms with van der Waals surface area (Å²) < 4.78 is 13.6. The zero-order valence-electron chi connectivity index (χ0n) is 16.2. The molecule has 1 saturated carbocycles. The van der Waals surface area contributed by atoms with Crippen LogP contribution in [0.15, 0.2) is 29.3 Å². The van der Waals surface area contributed by atoms with E-state index in [1.165, 1.54) is 25.3 Å². The van der Waals surface area contributed by atoms with Gasteiger partial charge in [-0.2, -0.15) is 11.8 Å². The van der Waals surface area contributed by atoms with Crippen LogP contribution in [0.4, 0.5) is 4.39 Å². The van der Waals surface area contributed by atoms with E-state index in [1.54, 1.807) is 12.1 Å². The van der Waals surface area contributed by atoms with Crippen molar-refractivity contribution in [3.63, 3.8) is 0 Å². The fourth-order valence-electron chi connectivity index (χ4n) is 3.26. The lowest BCUT2D eigenvalue weighted by molar-refractivity contribution is 0.305. The number of rotatable bonds is 7. The number of hydrogen-bond acceptors (Lipinski definition) is 3. The van der Waals surface area contributed by atoms with Crippen LogP contribution in [-0.2, 0) is 0 Å². The second-order valence-corrected chi connectivity index (χ2v) is 7.90. The number of nitrogens with zero attached hydrogens (tertiary/aromatic N) is 2. The van der Waals surface area contributed by atoms with Gasteiger partial charge >= 0.3 is 0 Å². The zero-order chi connectivity index (χ0) is 18.2. The van der Waals surface area contributed by atoms with Gasteiger partial charge in [0.25, 0.3) is 0 Å². The molecule has 1 aliphatic carbocycles. The molecule has 1 aromatic carbocycles. The van der Waals surface area contributed by atoms with Crippen molar-refractivity contribution in [2.45, 2.75) is 43.5 Å². The first kappa shape index (κ1) is 23.5. The van der Waals surface area contributed by atoms with Crippen molar-refractivity contribution in [1.29, 1.82) is 0 Å². The SMILES string of the molecule is CCNC(=NCC(c1cccc(F)c1)N(C)C)NC1CCC(SC)C1.I. The maximum absolute atomic E-state index is 13.6. The zero-order valence-corrected chi connectivity index (χ0v) is 19.3.